The molecule has 0 saturated carbocycles. The van der Waals surface area contributed by atoms with Gasteiger partial charge in [0.15, 0.2) is 13.0 Å². The molecule has 1 aromatic carbocycles. The van der Waals surface area contributed by atoms with E-state index in [-0.39, 0.29) is 18.6 Å². The van der Waals surface area contributed by atoms with Gasteiger partial charge >= 0.3 is 0 Å². The molecule has 160 valence electrons. The van der Waals surface area contributed by atoms with Gasteiger partial charge in [0.2, 0.25) is 0 Å². The molecular weight excluding hydrogens is 377 g/mol. The van der Waals surface area contributed by atoms with Crippen LogP contribution in [0.2, 0.25) is 0 Å². The molecule has 1 aliphatic heterocycles. The number of benzene rings is 1. The molecule has 0 spiro atoms. The molecule has 0 bridgehead atoms. The number of rotatable bonds is 7. The van der Waals surface area contributed by atoms with Crippen LogP contribution in [0.1, 0.15) is 48.5 Å². The highest BCUT2D eigenvalue weighted by Gasteiger charge is 2.60. The van der Waals surface area contributed by atoms with E-state index in [0.29, 0.717) is 16.8 Å². The molecule has 7 heteroatoms. The summed E-state index contributed by atoms with van der Waals surface area (Å²) in [6, 6.07) is 5.14. The van der Waals surface area contributed by atoms with Crippen LogP contribution in [-0.4, -0.2) is 47.2 Å². The van der Waals surface area contributed by atoms with Crippen molar-refractivity contribution < 1.29 is 24.3 Å². The number of aliphatic hydroxyl groups is 2. The first kappa shape index (κ1) is 23.2. The maximum Gasteiger partial charge on any atom is 0.167 e. The van der Waals surface area contributed by atoms with Gasteiger partial charge in [-0.15, -0.1) is 0 Å². The first-order valence-electron chi connectivity index (χ1n) is 9.81. The molecule has 6 nitrogen and oxygen atoms in total. The van der Waals surface area contributed by atoms with Gasteiger partial charge in [-0.3, -0.25) is 5.32 Å². The standard InChI is InChI=1S/C21H36NO5P/c1-13(2)14(12-23)22-18(24)21(6,7)19-27-16-11-9-10-15(26-8)17(16)28(19,25)20(3,4)5/h9-11,13-14,18-19,22-24H,12H2,1-8H3/t14-,18?,19-,28+/m0/s1. The maximum absolute atomic E-state index is 14.6. The Hall–Kier alpha value is -1.07. The van der Waals surface area contributed by atoms with Crippen LogP contribution in [0.25, 0.3) is 0 Å². The fraction of sp³-hybridized carbons (Fsp3) is 0.714. The first-order chi connectivity index (χ1) is 12.8. The summed E-state index contributed by atoms with van der Waals surface area (Å²) in [6.45, 7) is 13.4. The van der Waals surface area contributed by atoms with Crippen LogP contribution in [0.3, 0.4) is 0 Å². The maximum atomic E-state index is 14.6. The van der Waals surface area contributed by atoms with Crippen molar-refractivity contribution in [2.75, 3.05) is 13.7 Å². The van der Waals surface area contributed by atoms with Gasteiger partial charge in [0.25, 0.3) is 0 Å². The number of ether oxygens (including phenoxy) is 2. The third-order valence-electron chi connectivity index (χ3n) is 5.79. The van der Waals surface area contributed by atoms with E-state index in [1.807, 2.05) is 54.5 Å². The lowest BCUT2D eigenvalue weighted by atomic mass is 9.90. The molecule has 0 radical (unpaired) electrons. The van der Waals surface area contributed by atoms with Crippen LogP contribution in [0.5, 0.6) is 11.5 Å². The van der Waals surface area contributed by atoms with Gasteiger partial charge in [0.05, 0.1) is 19.0 Å². The van der Waals surface area contributed by atoms with Gasteiger partial charge in [0.1, 0.15) is 17.7 Å². The largest absolute Gasteiger partial charge is 0.496 e. The Balaban J connectivity index is 2.53. The smallest absolute Gasteiger partial charge is 0.167 e. The zero-order valence-corrected chi connectivity index (χ0v) is 19.2. The molecule has 1 aliphatic rings. The van der Waals surface area contributed by atoms with E-state index in [4.69, 9.17) is 9.47 Å². The van der Waals surface area contributed by atoms with Gasteiger partial charge < -0.3 is 24.3 Å². The van der Waals surface area contributed by atoms with Crippen molar-refractivity contribution in [1.29, 1.82) is 0 Å². The zero-order valence-electron chi connectivity index (χ0n) is 18.3. The molecule has 0 aliphatic carbocycles. The van der Waals surface area contributed by atoms with Crippen LogP contribution in [-0.2, 0) is 4.57 Å². The van der Waals surface area contributed by atoms with Crippen molar-refractivity contribution in [2.45, 2.75) is 71.7 Å². The third kappa shape index (κ3) is 3.72. The molecule has 4 atom stereocenters. The average molecular weight is 413 g/mol. The summed E-state index contributed by atoms with van der Waals surface area (Å²) in [6.07, 6.45) is -1.02. The van der Waals surface area contributed by atoms with Crippen LogP contribution in [0.15, 0.2) is 18.2 Å². The Labute approximate surface area is 169 Å². The molecule has 0 aromatic heterocycles. The molecule has 28 heavy (non-hydrogen) atoms. The Morgan fingerprint density at radius 1 is 1.25 bits per heavy atom. The number of hydrogen-bond acceptors (Lipinski definition) is 6. The highest BCUT2D eigenvalue weighted by atomic mass is 31.2. The fourth-order valence-corrected chi connectivity index (χ4v) is 7.61. The molecule has 0 saturated heterocycles. The predicted octanol–water partition coefficient (Wildman–Crippen LogP) is 3.15. The topological polar surface area (TPSA) is 88.0 Å². The summed E-state index contributed by atoms with van der Waals surface area (Å²) < 4.78 is 26.4. The van der Waals surface area contributed by atoms with Gasteiger partial charge in [-0.1, -0.05) is 54.5 Å². The van der Waals surface area contributed by atoms with Gasteiger partial charge in [-0.2, -0.15) is 0 Å². The lowest BCUT2D eigenvalue weighted by molar-refractivity contribution is -0.0362. The quantitative estimate of drug-likeness (QED) is 0.470. The molecule has 3 N–H and O–H groups in total. The van der Waals surface area contributed by atoms with E-state index in [2.05, 4.69) is 5.32 Å². The molecule has 0 amide bonds. The van der Waals surface area contributed by atoms with Crippen molar-refractivity contribution in [1.82, 2.24) is 5.32 Å². The zero-order chi connectivity index (χ0) is 21.5. The second-order valence-corrected chi connectivity index (χ2v) is 13.1. The van der Waals surface area contributed by atoms with E-state index < -0.39 is 29.8 Å². The average Bonchev–Trinajstić information content (AvgIpc) is 2.94. The summed E-state index contributed by atoms with van der Waals surface area (Å²) >= 11 is 0. The lowest BCUT2D eigenvalue weighted by Gasteiger charge is -2.43. The highest BCUT2D eigenvalue weighted by Crippen LogP contribution is 2.70. The van der Waals surface area contributed by atoms with Crippen molar-refractivity contribution >= 4 is 12.4 Å². The second-order valence-electron chi connectivity index (χ2n) is 9.53. The number of fused-ring (bicyclic) bond motifs is 1. The van der Waals surface area contributed by atoms with E-state index >= 15 is 0 Å². The summed E-state index contributed by atoms with van der Waals surface area (Å²) in [5.74, 6) is 0.490. The normalized spacial score (nSPS) is 24.6. The van der Waals surface area contributed by atoms with E-state index in [1.165, 1.54) is 0 Å². The van der Waals surface area contributed by atoms with E-state index in [9.17, 15) is 14.8 Å². The summed E-state index contributed by atoms with van der Waals surface area (Å²) in [4.78, 5) is 0. The number of aliphatic hydroxyl groups excluding tert-OH is 2. The van der Waals surface area contributed by atoms with Crippen LogP contribution < -0.4 is 20.1 Å². The van der Waals surface area contributed by atoms with Crippen LogP contribution >= 0.6 is 7.14 Å². The van der Waals surface area contributed by atoms with Crippen molar-refractivity contribution in [3.05, 3.63) is 18.2 Å². The number of nitrogens with one attached hydrogen (secondary N) is 1. The van der Waals surface area contributed by atoms with Crippen molar-refractivity contribution in [3.63, 3.8) is 0 Å². The predicted molar refractivity (Wildman–Crippen MR) is 113 cm³/mol. The van der Waals surface area contributed by atoms with Gasteiger partial charge in [0, 0.05) is 16.6 Å². The Morgan fingerprint density at radius 3 is 2.32 bits per heavy atom. The molecule has 1 heterocycles. The van der Waals surface area contributed by atoms with Gasteiger partial charge in [-0.05, 0) is 18.1 Å². The Bertz CT molecular complexity index is 741. The Morgan fingerprint density at radius 2 is 1.86 bits per heavy atom. The molecular formula is C21H36NO5P. The van der Waals surface area contributed by atoms with Crippen LogP contribution in [0, 0.1) is 11.3 Å². The summed E-state index contributed by atoms with van der Waals surface area (Å²) in [5, 5.41) is 23.8. The summed E-state index contributed by atoms with van der Waals surface area (Å²) in [7, 11) is -1.61. The minimum Gasteiger partial charge on any atom is -0.496 e. The summed E-state index contributed by atoms with van der Waals surface area (Å²) in [5.41, 5.74) is -0.894. The number of methoxy groups -OCH3 is 1. The Kier molecular flexibility index (Phi) is 6.62. The third-order valence-corrected chi connectivity index (χ3v) is 10.3. The molecule has 0 fully saturated rings. The molecule has 1 unspecified atom stereocenters. The fourth-order valence-electron chi connectivity index (χ4n) is 3.72. The molecule has 1 aromatic rings. The van der Waals surface area contributed by atoms with E-state index in [1.54, 1.807) is 19.2 Å². The van der Waals surface area contributed by atoms with Gasteiger partial charge in [-0.25, -0.2) is 0 Å². The monoisotopic (exact) mass is 413 g/mol. The minimum atomic E-state index is -3.17. The van der Waals surface area contributed by atoms with Crippen molar-refractivity contribution in [3.8, 4) is 11.5 Å². The lowest BCUT2D eigenvalue weighted by Crippen LogP contribution is -2.55. The van der Waals surface area contributed by atoms with Crippen LogP contribution in [0.4, 0.5) is 0 Å². The first-order valence-corrected chi connectivity index (χ1v) is 11.6. The second kappa shape index (κ2) is 7.98. The van der Waals surface area contributed by atoms with Crippen molar-refractivity contribution in [2.24, 2.45) is 11.3 Å². The number of hydrogen-bond donors (Lipinski definition) is 3. The highest BCUT2D eigenvalue weighted by molar-refractivity contribution is 7.74. The minimum absolute atomic E-state index is 0.0959. The van der Waals surface area contributed by atoms with E-state index in [0.717, 1.165) is 0 Å². The molecule has 2 rings (SSSR count). The SMILES string of the molecule is COc1cccc2c1[P@](=O)(C(C)(C)C)[C@@H](C(C)(C)C(O)N[C@@H](CO)C(C)C)O2.